The highest BCUT2D eigenvalue weighted by Gasteiger charge is 2.36. The number of morpholine rings is 1. The Morgan fingerprint density at radius 3 is 2.62 bits per heavy atom. The van der Waals surface area contributed by atoms with Gasteiger partial charge in [0.2, 0.25) is 0 Å². The van der Waals surface area contributed by atoms with Gasteiger partial charge in [0.1, 0.15) is 0 Å². The van der Waals surface area contributed by atoms with Crippen molar-refractivity contribution in [3.05, 3.63) is 28.7 Å². The molecule has 0 saturated carbocycles. The van der Waals surface area contributed by atoms with Crippen LogP contribution in [0.2, 0.25) is 0 Å². The number of amides is 2. The Kier molecular flexibility index (Phi) is 7.57. The summed E-state index contributed by atoms with van der Waals surface area (Å²) in [5.41, 5.74) is 0.795. The molecule has 2 amide bonds. The molecule has 158 valence electrons. The van der Waals surface area contributed by atoms with E-state index in [1.54, 1.807) is 13.2 Å². The molecule has 0 unspecified atom stereocenters. The first-order chi connectivity index (χ1) is 14.0. The fraction of sp³-hybridized carbons (Fsp3) is 0.524. The number of ether oxygens (including phenoxy) is 3. The summed E-state index contributed by atoms with van der Waals surface area (Å²) < 4.78 is 16.7. The lowest BCUT2D eigenvalue weighted by molar-refractivity contribution is -0.123. The molecular weight excluding hydrogens is 392 g/mol. The van der Waals surface area contributed by atoms with Crippen LogP contribution in [0.15, 0.2) is 23.1 Å². The van der Waals surface area contributed by atoms with Gasteiger partial charge in [0.05, 0.1) is 31.8 Å². The van der Waals surface area contributed by atoms with E-state index in [0.29, 0.717) is 23.0 Å². The van der Waals surface area contributed by atoms with Gasteiger partial charge in [0, 0.05) is 25.7 Å². The zero-order chi connectivity index (χ0) is 20.8. The largest absolute Gasteiger partial charge is 0.493 e. The number of carbonyl (C=O) groups is 2. The van der Waals surface area contributed by atoms with Crippen molar-refractivity contribution < 1.29 is 23.8 Å². The molecule has 0 aromatic heterocycles. The maximum Gasteiger partial charge on any atom is 0.293 e. The maximum atomic E-state index is 12.5. The average molecular weight is 421 g/mol. The molecule has 2 heterocycles. The SMILES string of the molecule is COc1ccc(/C=C2\SC(=O)N(C(C)C)C2=O)cc1OCCCN1CCOCC1. The first kappa shape index (κ1) is 21.7. The van der Waals surface area contributed by atoms with Gasteiger partial charge in [0.15, 0.2) is 11.5 Å². The lowest BCUT2D eigenvalue weighted by Gasteiger charge is -2.26. The minimum Gasteiger partial charge on any atom is -0.493 e. The Morgan fingerprint density at radius 1 is 1.21 bits per heavy atom. The summed E-state index contributed by atoms with van der Waals surface area (Å²) in [6.45, 7) is 8.70. The van der Waals surface area contributed by atoms with Crippen molar-refractivity contribution in [2.45, 2.75) is 26.3 Å². The van der Waals surface area contributed by atoms with Crippen molar-refractivity contribution in [2.24, 2.45) is 0 Å². The highest BCUT2D eigenvalue weighted by molar-refractivity contribution is 8.18. The Labute approximate surface area is 176 Å². The number of hydrogen-bond acceptors (Lipinski definition) is 7. The monoisotopic (exact) mass is 420 g/mol. The van der Waals surface area contributed by atoms with Crippen LogP contribution in [-0.2, 0) is 9.53 Å². The van der Waals surface area contributed by atoms with E-state index in [1.165, 1.54) is 4.90 Å². The van der Waals surface area contributed by atoms with Crippen molar-refractivity contribution >= 4 is 29.0 Å². The Morgan fingerprint density at radius 2 is 1.97 bits per heavy atom. The summed E-state index contributed by atoms with van der Waals surface area (Å²) in [5, 5.41) is -0.232. The highest BCUT2D eigenvalue weighted by atomic mass is 32.2. The van der Waals surface area contributed by atoms with Gasteiger partial charge < -0.3 is 14.2 Å². The van der Waals surface area contributed by atoms with E-state index in [4.69, 9.17) is 14.2 Å². The zero-order valence-corrected chi connectivity index (χ0v) is 18.0. The number of thioether (sulfide) groups is 1. The molecule has 8 heteroatoms. The van der Waals surface area contributed by atoms with E-state index < -0.39 is 0 Å². The Balaban J connectivity index is 1.64. The smallest absolute Gasteiger partial charge is 0.293 e. The third-order valence-corrected chi connectivity index (χ3v) is 5.69. The lowest BCUT2D eigenvalue weighted by Crippen LogP contribution is -2.37. The quantitative estimate of drug-likeness (QED) is 0.472. The Bertz CT molecular complexity index is 774. The average Bonchev–Trinajstić information content (AvgIpc) is 2.99. The van der Waals surface area contributed by atoms with E-state index in [-0.39, 0.29) is 17.2 Å². The molecule has 2 aliphatic rings. The molecule has 1 aromatic rings. The van der Waals surface area contributed by atoms with Crippen LogP contribution in [0.1, 0.15) is 25.8 Å². The topological polar surface area (TPSA) is 68.3 Å². The molecule has 0 aliphatic carbocycles. The molecule has 2 aliphatic heterocycles. The van der Waals surface area contributed by atoms with Crippen LogP contribution < -0.4 is 9.47 Å². The van der Waals surface area contributed by atoms with Crippen LogP contribution in [-0.4, -0.2) is 73.6 Å². The number of carbonyl (C=O) groups excluding carboxylic acids is 2. The second-order valence-electron chi connectivity index (χ2n) is 7.21. The molecule has 0 radical (unpaired) electrons. The summed E-state index contributed by atoms with van der Waals surface area (Å²) in [7, 11) is 1.60. The normalized spacial score (nSPS) is 19.4. The fourth-order valence-electron chi connectivity index (χ4n) is 3.27. The Hall–Kier alpha value is -2.03. The summed E-state index contributed by atoms with van der Waals surface area (Å²) >= 11 is 0.969. The summed E-state index contributed by atoms with van der Waals surface area (Å²) in [4.78, 5) is 28.6. The zero-order valence-electron chi connectivity index (χ0n) is 17.2. The summed E-state index contributed by atoms with van der Waals surface area (Å²) in [6.07, 6.45) is 2.63. The number of rotatable bonds is 8. The third kappa shape index (κ3) is 5.52. The van der Waals surface area contributed by atoms with Crippen molar-refractivity contribution in [1.29, 1.82) is 0 Å². The summed E-state index contributed by atoms with van der Waals surface area (Å²) in [5.74, 6) is 1.02. The molecule has 7 nitrogen and oxygen atoms in total. The molecule has 2 saturated heterocycles. The standard InChI is InChI=1S/C21H28N2O5S/c1-15(2)23-20(24)19(29-21(23)25)14-16-5-6-17(26-3)18(13-16)28-10-4-7-22-8-11-27-12-9-22/h5-6,13-15H,4,7-12H2,1-3H3/b19-14-. The van der Waals surface area contributed by atoms with E-state index in [2.05, 4.69) is 4.90 Å². The van der Waals surface area contributed by atoms with Crippen LogP contribution in [0.4, 0.5) is 4.79 Å². The highest BCUT2D eigenvalue weighted by Crippen LogP contribution is 2.35. The van der Waals surface area contributed by atoms with Gasteiger partial charge in [0.25, 0.3) is 11.1 Å². The predicted octanol–water partition coefficient (Wildman–Crippen LogP) is 3.24. The number of benzene rings is 1. The first-order valence-corrected chi connectivity index (χ1v) is 10.7. The first-order valence-electron chi connectivity index (χ1n) is 9.87. The second kappa shape index (κ2) is 10.1. The van der Waals surface area contributed by atoms with Crippen molar-refractivity contribution in [2.75, 3.05) is 46.6 Å². The van der Waals surface area contributed by atoms with Gasteiger partial charge in [-0.25, -0.2) is 0 Å². The molecule has 0 spiro atoms. The predicted molar refractivity (Wildman–Crippen MR) is 113 cm³/mol. The number of hydrogen-bond donors (Lipinski definition) is 0. The van der Waals surface area contributed by atoms with Crippen LogP contribution in [0.3, 0.4) is 0 Å². The van der Waals surface area contributed by atoms with Gasteiger partial charge >= 0.3 is 0 Å². The van der Waals surface area contributed by atoms with Crippen molar-refractivity contribution in [1.82, 2.24) is 9.80 Å². The lowest BCUT2D eigenvalue weighted by atomic mass is 10.1. The molecule has 3 rings (SSSR count). The van der Waals surface area contributed by atoms with Gasteiger partial charge in [-0.15, -0.1) is 0 Å². The molecule has 0 bridgehead atoms. The van der Waals surface area contributed by atoms with E-state index >= 15 is 0 Å². The van der Waals surface area contributed by atoms with E-state index in [0.717, 1.165) is 56.6 Å². The number of imide groups is 1. The third-order valence-electron chi connectivity index (χ3n) is 4.81. The van der Waals surface area contributed by atoms with Crippen LogP contribution in [0.25, 0.3) is 6.08 Å². The minimum atomic E-state index is -0.251. The van der Waals surface area contributed by atoms with E-state index in [9.17, 15) is 9.59 Å². The van der Waals surface area contributed by atoms with Gasteiger partial charge in [-0.1, -0.05) is 6.07 Å². The van der Waals surface area contributed by atoms with Crippen LogP contribution in [0, 0.1) is 0 Å². The molecule has 1 aromatic carbocycles. The molecule has 0 N–H and O–H groups in total. The molecule has 29 heavy (non-hydrogen) atoms. The summed E-state index contributed by atoms with van der Waals surface area (Å²) in [6, 6.07) is 5.35. The fourth-order valence-corrected chi connectivity index (χ4v) is 4.23. The minimum absolute atomic E-state index is 0.158. The number of methoxy groups -OCH3 is 1. The van der Waals surface area contributed by atoms with E-state index in [1.807, 2.05) is 32.0 Å². The second-order valence-corrected chi connectivity index (χ2v) is 8.20. The molecule has 2 fully saturated rings. The molecule has 0 atom stereocenters. The van der Waals surface area contributed by atoms with Gasteiger partial charge in [-0.3, -0.25) is 19.4 Å². The number of nitrogens with zero attached hydrogens (tertiary/aromatic N) is 2. The van der Waals surface area contributed by atoms with Crippen LogP contribution >= 0.6 is 11.8 Å². The molecular formula is C21H28N2O5S. The van der Waals surface area contributed by atoms with Crippen molar-refractivity contribution in [3.63, 3.8) is 0 Å². The van der Waals surface area contributed by atoms with Gasteiger partial charge in [-0.05, 0) is 55.8 Å². The van der Waals surface area contributed by atoms with Crippen LogP contribution in [0.5, 0.6) is 11.5 Å². The van der Waals surface area contributed by atoms with Gasteiger partial charge in [-0.2, -0.15) is 0 Å². The van der Waals surface area contributed by atoms with Crippen molar-refractivity contribution in [3.8, 4) is 11.5 Å². The maximum absolute atomic E-state index is 12.5.